The summed E-state index contributed by atoms with van der Waals surface area (Å²) in [4.78, 5) is 12.0. The van der Waals surface area contributed by atoms with Crippen molar-refractivity contribution in [3.63, 3.8) is 0 Å². The molecule has 96 valence electrons. The van der Waals surface area contributed by atoms with Crippen LogP contribution >= 0.6 is 0 Å². The molecular formula is C16H16N2O. The summed E-state index contributed by atoms with van der Waals surface area (Å²) in [6.07, 6.45) is 0.513. The number of hydrogen-bond donors (Lipinski definition) is 2. The van der Waals surface area contributed by atoms with E-state index in [9.17, 15) is 4.79 Å². The number of nitrogens with one attached hydrogen (secondary N) is 2. The maximum absolute atomic E-state index is 12.0. The van der Waals surface area contributed by atoms with Gasteiger partial charge in [0.1, 0.15) is 0 Å². The fourth-order valence-corrected chi connectivity index (χ4v) is 2.50. The Hall–Kier alpha value is -2.29. The van der Waals surface area contributed by atoms with Crippen LogP contribution < -0.4 is 10.6 Å². The van der Waals surface area contributed by atoms with E-state index in [1.807, 2.05) is 42.5 Å². The fourth-order valence-electron chi connectivity index (χ4n) is 2.50. The van der Waals surface area contributed by atoms with Gasteiger partial charge in [-0.1, -0.05) is 36.4 Å². The minimum Gasteiger partial charge on any atom is -0.384 e. The minimum atomic E-state index is 0.0645. The van der Waals surface area contributed by atoms with Gasteiger partial charge in [-0.25, -0.2) is 0 Å². The van der Waals surface area contributed by atoms with Crippen LogP contribution in [0, 0.1) is 0 Å². The highest BCUT2D eigenvalue weighted by Gasteiger charge is 2.23. The highest BCUT2D eigenvalue weighted by Crippen LogP contribution is 2.33. The van der Waals surface area contributed by atoms with Crippen LogP contribution in [0.4, 0.5) is 11.4 Å². The first-order chi connectivity index (χ1) is 9.33. The van der Waals surface area contributed by atoms with E-state index in [-0.39, 0.29) is 11.8 Å². The molecule has 0 aromatic heterocycles. The zero-order chi connectivity index (χ0) is 13.1. The SMILES string of the molecule is O=C(CC1CNc2ccccc21)Nc1ccccc1. The molecule has 3 rings (SSSR count). The summed E-state index contributed by atoms with van der Waals surface area (Å²) in [6, 6.07) is 17.8. The van der Waals surface area contributed by atoms with E-state index >= 15 is 0 Å². The zero-order valence-electron chi connectivity index (χ0n) is 10.6. The molecule has 1 aliphatic rings. The van der Waals surface area contributed by atoms with Crippen molar-refractivity contribution in [1.82, 2.24) is 0 Å². The Morgan fingerprint density at radius 1 is 1.11 bits per heavy atom. The number of carbonyl (C=O) groups is 1. The lowest BCUT2D eigenvalue weighted by atomic mass is 9.97. The summed E-state index contributed by atoms with van der Waals surface area (Å²) in [7, 11) is 0. The van der Waals surface area contributed by atoms with E-state index in [0.717, 1.165) is 17.9 Å². The molecule has 2 aromatic rings. The van der Waals surface area contributed by atoms with Crippen molar-refractivity contribution in [2.75, 3.05) is 17.2 Å². The van der Waals surface area contributed by atoms with E-state index < -0.39 is 0 Å². The second-order valence-corrected chi connectivity index (χ2v) is 4.78. The normalized spacial score (nSPS) is 16.5. The lowest BCUT2D eigenvalue weighted by Crippen LogP contribution is -2.16. The lowest BCUT2D eigenvalue weighted by Gasteiger charge is -2.10. The van der Waals surface area contributed by atoms with Gasteiger partial charge in [-0.2, -0.15) is 0 Å². The zero-order valence-corrected chi connectivity index (χ0v) is 10.6. The van der Waals surface area contributed by atoms with Crippen LogP contribution in [0.5, 0.6) is 0 Å². The number of carbonyl (C=O) groups excluding carboxylic acids is 1. The summed E-state index contributed by atoms with van der Waals surface area (Å²) in [5.74, 6) is 0.328. The topological polar surface area (TPSA) is 41.1 Å². The van der Waals surface area contributed by atoms with Gasteiger partial charge in [0.15, 0.2) is 0 Å². The molecule has 1 aliphatic heterocycles. The maximum atomic E-state index is 12.0. The van der Waals surface area contributed by atoms with Gasteiger partial charge < -0.3 is 10.6 Å². The van der Waals surface area contributed by atoms with Gasteiger partial charge in [0.2, 0.25) is 5.91 Å². The Labute approximate surface area is 112 Å². The summed E-state index contributed by atoms with van der Waals surface area (Å²) in [5.41, 5.74) is 3.25. The minimum absolute atomic E-state index is 0.0645. The lowest BCUT2D eigenvalue weighted by molar-refractivity contribution is -0.116. The predicted molar refractivity (Wildman–Crippen MR) is 77.4 cm³/mol. The van der Waals surface area contributed by atoms with E-state index in [0.29, 0.717) is 6.42 Å². The average molecular weight is 252 g/mol. The Balaban J connectivity index is 1.65. The molecule has 0 aliphatic carbocycles. The number of amides is 1. The van der Waals surface area contributed by atoms with Gasteiger partial charge >= 0.3 is 0 Å². The number of para-hydroxylation sites is 2. The van der Waals surface area contributed by atoms with Gasteiger partial charge in [-0.3, -0.25) is 4.79 Å². The summed E-state index contributed by atoms with van der Waals surface area (Å²) < 4.78 is 0. The van der Waals surface area contributed by atoms with Crippen molar-refractivity contribution in [1.29, 1.82) is 0 Å². The molecule has 0 saturated heterocycles. The number of benzene rings is 2. The standard InChI is InChI=1S/C16H16N2O/c19-16(18-13-6-2-1-3-7-13)10-12-11-17-15-9-5-4-8-14(12)15/h1-9,12,17H,10-11H2,(H,18,19). The van der Waals surface area contributed by atoms with Crippen molar-refractivity contribution in [3.8, 4) is 0 Å². The van der Waals surface area contributed by atoms with E-state index in [1.54, 1.807) is 0 Å². The molecule has 0 fully saturated rings. The smallest absolute Gasteiger partial charge is 0.225 e. The number of hydrogen-bond acceptors (Lipinski definition) is 2. The molecule has 3 heteroatoms. The summed E-state index contributed by atoms with van der Waals surface area (Å²) in [5, 5.41) is 6.27. The largest absolute Gasteiger partial charge is 0.384 e. The highest BCUT2D eigenvalue weighted by molar-refractivity contribution is 5.91. The molecule has 1 atom stereocenters. The van der Waals surface area contributed by atoms with Gasteiger partial charge in [-0.05, 0) is 23.8 Å². The predicted octanol–water partition coefficient (Wildman–Crippen LogP) is 3.22. The molecule has 0 saturated carbocycles. The Kier molecular flexibility index (Phi) is 3.19. The summed E-state index contributed by atoms with van der Waals surface area (Å²) in [6.45, 7) is 0.835. The third-order valence-electron chi connectivity index (χ3n) is 3.43. The molecule has 1 unspecified atom stereocenters. The Bertz CT molecular complexity index is 580. The van der Waals surface area contributed by atoms with Gasteiger partial charge in [0, 0.05) is 30.3 Å². The summed E-state index contributed by atoms with van der Waals surface area (Å²) >= 11 is 0. The molecule has 2 aromatic carbocycles. The first-order valence-electron chi connectivity index (χ1n) is 6.50. The monoisotopic (exact) mass is 252 g/mol. The van der Waals surface area contributed by atoms with Crippen molar-refractivity contribution in [3.05, 3.63) is 60.2 Å². The quantitative estimate of drug-likeness (QED) is 0.880. The Morgan fingerprint density at radius 3 is 2.68 bits per heavy atom. The molecule has 0 radical (unpaired) electrons. The molecule has 1 amide bonds. The van der Waals surface area contributed by atoms with Crippen LogP contribution in [0.15, 0.2) is 54.6 Å². The van der Waals surface area contributed by atoms with Crippen molar-refractivity contribution >= 4 is 17.3 Å². The molecule has 2 N–H and O–H groups in total. The van der Waals surface area contributed by atoms with Crippen molar-refractivity contribution in [2.24, 2.45) is 0 Å². The average Bonchev–Trinajstić information content (AvgIpc) is 2.83. The third-order valence-corrected chi connectivity index (χ3v) is 3.43. The first-order valence-corrected chi connectivity index (χ1v) is 6.50. The van der Waals surface area contributed by atoms with E-state index in [4.69, 9.17) is 0 Å². The maximum Gasteiger partial charge on any atom is 0.225 e. The van der Waals surface area contributed by atoms with Crippen LogP contribution in [0.2, 0.25) is 0 Å². The fraction of sp³-hybridized carbons (Fsp3) is 0.188. The molecule has 3 nitrogen and oxygen atoms in total. The van der Waals surface area contributed by atoms with E-state index in [2.05, 4.69) is 22.8 Å². The second kappa shape index (κ2) is 5.14. The van der Waals surface area contributed by atoms with Crippen molar-refractivity contribution in [2.45, 2.75) is 12.3 Å². The van der Waals surface area contributed by atoms with Crippen LogP contribution in [0.1, 0.15) is 17.9 Å². The van der Waals surface area contributed by atoms with E-state index in [1.165, 1.54) is 5.56 Å². The van der Waals surface area contributed by atoms with Crippen molar-refractivity contribution < 1.29 is 4.79 Å². The second-order valence-electron chi connectivity index (χ2n) is 4.78. The van der Waals surface area contributed by atoms with Crippen LogP contribution in [-0.4, -0.2) is 12.5 Å². The van der Waals surface area contributed by atoms with Crippen LogP contribution in [0.3, 0.4) is 0 Å². The first kappa shape index (κ1) is 11.8. The van der Waals surface area contributed by atoms with Crippen LogP contribution in [-0.2, 0) is 4.79 Å². The van der Waals surface area contributed by atoms with Gasteiger partial charge in [-0.15, -0.1) is 0 Å². The Morgan fingerprint density at radius 2 is 1.84 bits per heavy atom. The molecule has 1 heterocycles. The van der Waals surface area contributed by atoms with Gasteiger partial charge in [0.25, 0.3) is 0 Å². The third kappa shape index (κ3) is 2.60. The van der Waals surface area contributed by atoms with Gasteiger partial charge in [0.05, 0.1) is 0 Å². The highest BCUT2D eigenvalue weighted by atomic mass is 16.1. The molecule has 0 spiro atoms. The molecule has 0 bridgehead atoms. The molecule has 19 heavy (non-hydrogen) atoms. The number of rotatable bonds is 3. The molecular weight excluding hydrogens is 236 g/mol. The number of fused-ring (bicyclic) bond motifs is 1. The number of anilines is 2. The van der Waals surface area contributed by atoms with Crippen LogP contribution in [0.25, 0.3) is 0 Å².